The maximum atomic E-state index is 14.5. The number of hydrogen-bond donors (Lipinski definition) is 4. The molecule has 6 unspecified atom stereocenters. The summed E-state index contributed by atoms with van der Waals surface area (Å²) in [6.07, 6.45) is -10.3. The molecule has 2 aromatic carbocycles. The second-order valence-corrected chi connectivity index (χ2v) is 11.7. The molecule has 0 amide bonds. The average Bonchev–Trinajstić information content (AvgIpc) is 3.13. The van der Waals surface area contributed by atoms with Gasteiger partial charge in [0.2, 0.25) is 34.7 Å². The van der Waals surface area contributed by atoms with Gasteiger partial charge >= 0.3 is 11.9 Å². The van der Waals surface area contributed by atoms with E-state index < -0.39 is 78.9 Å². The molecule has 1 fully saturated rings. The van der Waals surface area contributed by atoms with Crippen molar-refractivity contribution < 1.29 is 81.8 Å². The molecule has 1 aliphatic rings. The van der Waals surface area contributed by atoms with Crippen molar-refractivity contribution >= 4 is 22.9 Å². The van der Waals surface area contributed by atoms with Gasteiger partial charge in [0, 0.05) is 5.56 Å². The lowest BCUT2D eigenvalue weighted by molar-refractivity contribution is -0.282. The highest BCUT2D eigenvalue weighted by molar-refractivity contribution is 5.97. The van der Waals surface area contributed by atoms with Gasteiger partial charge in [-0.2, -0.15) is 0 Å². The number of fused-ring (bicyclic) bond motifs is 1. The van der Waals surface area contributed by atoms with Crippen molar-refractivity contribution in [2.45, 2.75) is 56.1 Å². The largest absolute Gasteiger partial charge is 0.493 e. The fraction of sp³-hybridized carbons (Fsp3) is 0.500. The van der Waals surface area contributed by atoms with Crippen LogP contribution >= 0.6 is 0 Å². The van der Waals surface area contributed by atoms with Gasteiger partial charge in [-0.05, 0) is 25.1 Å². The van der Waals surface area contributed by atoms with Gasteiger partial charge in [0.25, 0.3) is 0 Å². The van der Waals surface area contributed by atoms with E-state index in [4.69, 9.17) is 47.0 Å². The first-order valence-corrected chi connectivity index (χ1v) is 15.6. The summed E-state index contributed by atoms with van der Waals surface area (Å²) in [4.78, 5) is 38.9. The normalized spacial score (nSPS) is 21.0. The average molecular weight is 739 g/mol. The zero-order valence-corrected chi connectivity index (χ0v) is 29.7. The smallest absolute Gasteiger partial charge is 0.309 e. The van der Waals surface area contributed by atoms with E-state index >= 15 is 0 Å². The number of hydrogen-bond acceptors (Lipinski definition) is 18. The van der Waals surface area contributed by atoms with Crippen LogP contribution in [0.4, 0.5) is 0 Å². The van der Waals surface area contributed by atoms with E-state index in [1.54, 1.807) is 0 Å². The molecular formula is C34H42O18. The minimum absolute atomic E-state index is 0.0218. The molecule has 0 spiro atoms. The highest BCUT2D eigenvalue weighted by atomic mass is 16.7. The molecule has 0 saturated carbocycles. The molecule has 2 heterocycles. The van der Waals surface area contributed by atoms with Crippen molar-refractivity contribution in [2.75, 3.05) is 56.4 Å². The topological polar surface area (TPSA) is 238 Å². The lowest BCUT2D eigenvalue weighted by atomic mass is 9.97. The quantitative estimate of drug-likeness (QED) is 0.159. The van der Waals surface area contributed by atoms with Crippen LogP contribution in [0.1, 0.15) is 19.8 Å². The van der Waals surface area contributed by atoms with E-state index in [1.165, 1.54) is 67.8 Å². The first-order valence-electron chi connectivity index (χ1n) is 15.6. The molecule has 18 nitrogen and oxygen atoms in total. The number of ether oxygens (including phenoxy) is 10. The summed E-state index contributed by atoms with van der Waals surface area (Å²) < 4.78 is 60.8. The van der Waals surface area contributed by atoms with E-state index in [-0.39, 0.29) is 51.0 Å². The summed E-state index contributed by atoms with van der Waals surface area (Å²) >= 11 is 0. The Morgan fingerprint density at radius 2 is 1.38 bits per heavy atom. The Kier molecular flexibility index (Phi) is 12.7. The molecule has 0 radical (unpaired) electrons. The number of rotatable bonds is 15. The number of esters is 2. The number of carbonyl (C=O) groups excluding carboxylic acids is 2. The number of methoxy groups -OCH3 is 7. The third-order valence-corrected chi connectivity index (χ3v) is 8.19. The van der Waals surface area contributed by atoms with Crippen molar-refractivity contribution in [1.29, 1.82) is 0 Å². The second-order valence-electron chi connectivity index (χ2n) is 11.7. The molecule has 1 saturated heterocycles. The van der Waals surface area contributed by atoms with E-state index in [9.17, 15) is 34.8 Å². The number of aliphatic hydroxyl groups excluding tert-OH is 3. The predicted octanol–water partition coefficient (Wildman–Crippen LogP) is 0.945. The van der Waals surface area contributed by atoms with E-state index in [1.807, 2.05) is 0 Å². The molecule has 286 valence electrons. The number of carbonyl (C=O) groups is 2. The van der Waals surface area contributed by atoms with Gasteiger partial charge in [-0.25, -0.2) is 0 Å². The van der Waals surface area contributed by atoms with Crippen LogP contribution in [0.25, 0.3) is 22.3 Å². The van der Waals surface area contributed by atoms with Gasteiger partial charge in [-0.3, -0.25) is 14.4 Å². The molecular weight excluding hydrogens is 696 g/mol. The van der Waals surface area contributed by atoms with E-state index in [2.05, 4.69) is 4.74 Å². The van der Waals surface area contributed by atoms with Crippen LogP contribution in [-0.2, 0) is 23.8 Å². The Morgan fingerprint density at radius 3 is 1.94 bits per heavy atom. The molecule has 4 rings (SSSR count). The highest BCUT2D eigenvalue weighted by Gasteiger charge is 2.49. The van der Waals surface area contributed by atoms with Gasteiger partial charge in [-0.15, -0.1) is 0 Å². The summed E-state index contributed by atoms with van der Waals surface area (Å²) in [6.45, 7) is 0.333. The molecule has 1 aromatic heterocycles. The molecule has 1 aliphatic heterocycles. The number of aliphatic hydroxyl groups is 4. The summed E-state index contributed by atoms with van der Waals surface area (Å²) in [5, 5.41) is 42.7. The molecule has 0 bridgehead atoms. The third-order valence-electron chi connectivity index (χ3n) is 8.19. The van der Waals surface area contributed by atoms with Gasteiger partial charge in [-0.1, -0.05) is 0 Å². The zero-order valence-electron chi connectivity index (χ0n) is 29.7. The summed E-state index contributed by atoms with van der Waals surface area (Å²) in [6, 6.07) is 4.54. The predicted molar refractivity (Wildman–Crippen MR) is 177 cm³/mol. The standard InChI is InChI=1S/C34H42O18/c1-34(41,12-19(36)44-4)13-20(37)50-26-18(14-35)49-33(24(40)23(26)39)52-29-22(38)21-27(45-5)30(46-6)32(48-8)31(47-7)28(21)51-25(29)15-9-10-16(42-2)17(11-15)43-3/h9-11,18,23-24,26,33,35,39-41H,12-14H2,1-8H3. The Labute approximate surface area is 297 Å². The monoisotopic (exact) mass is 738 g/mol. The van der Waals surface area contributed by atoms with Crippen LogP contribution < -0.4 is 38.6 Å². The number of benzene rings is 2. The van der Waals surface area contributed by atoms with Crippen molar-refractivity contribution in [2.24, 2.45) is 0 Å². The van der Waals surface area contributed by atoms with Crippen LogP contribution in [0, 0.1) is 0 Å². The Morgan fingerprint density at radius 1 is 0.788 bits per heavy atom. The van der Waals surface area contributed by atoms with Crippen molar-refractivity contribution in [1.82, 2.24) is 0 Å². The fourth-order valence-electron chi connectivity index (χ4n) is 5.70. The Bertz CT molecular complexity index is 1810. The maximum absolute atomic E-state index is 14.5. The summed E-state index contributed by atoms with van der Waals surface area (Å²) in [5.41, 5.74) is -2.70. The minimum atomic E-state index is -2.01. The zero-order chi connectivity index (χ0) is 38.5. The van der Waals surface area contributed by atoms with Crippen LogP contribution in [0.5, 0.6) is 40.2 Å². The van der Waals surface area contributed by atoms with E-state index in [0.29, 0.717) is 5.75 Å². The lowest BCUT2D eigenvalue weighted by Gasteiger charge is -2.41. The molecule has 6 atom stereocenters. The molecule has 0 aliphatic carbocycles. The second kappa shape index (κ2) is 16.6. The van der Waals surface area contributed by atoms with Gasteiger partial charge in [0.05, 0.1) is 74.8 Å². The summed E-state index contributed by atoms with van der Waals surface area (Å²) in [7, 11) is 9.18. The van der Waals surface area contributed by atoms with Crippen molar-refractivity contribution in [3.8, 4) is 51.6 Å². The molecule has 18 heteroatoms. The van der Waals surface area contributed by atoms with Crippen molar-refractivity contribution in [3.63, 3.8) is 0 Å². The Balaban J connectivity index is 1.84. The fourth-order valence-corrected chi connectivity index (χ4v) is 5.70. The van der Waals surface area contributed by atoms with Crippen LogP contribution in [0.2, 0.25) is 0 Å². The molecule has 3 aromatic rings. The van der Waals surface area contributed by atoms with Crippen LogP contribution in [0.3, 0.4) is 0 Å². The Hall–Kier alpha value is -5.01. The van der Waals surface area contributed by atoms with Crippen LogP contribution in [-0.4, -0.2) is 125 Å². The van der Waals surface area contributed by atoms with Gasteiger partial charge in [0.1, 0.15) is 23.7 Å². The first kappa shape index (κ1) is 39.8. The SMILES string of the molecule is COC(=O)CC(C)(O)CC(=O)OC1C(CO)OC(Oc2c(-c3ccc(OC)c(OC)c3)oc3c(OC)c(OC)c(OC)c(OC)c3c2=O)C(O)C1O. The van der Waals surface area contributed by atoms with Gasteiger partial charge < -0.3 is 72.2 Å². The first-order chi connectivity index (χ1) is 24.7. The highest BCUT2D eigenvalue weighted by Crippen LogP contribution is 2.52. The lowest BCUT2D eigenvalue weighted by Crippen LogP contribution is -2.61. The molecule has 52 heavy (non-hydrogen) atoms. The third kappa shape index (κ3) is 7.75. The van der Waals surface area contributed by atoms with Crippen molar-refractivity contribution in [3.05, 3.63) is 28.4 Å². The summed E-state index contributed by atoms with van der Waals surface area (Å²) in [5.74, 6) is -2.25. The van der Waals surface area contributed by atoms with Gasteiger partial charge in [0.15, 0.2) is 34.7 Å². The van der Waals surface area contributed by atoms with Crippen LogP contribution in [0.15, 0.2) is 27.4 Å². The maximum Gasteiger partial charge on any atom is 0.309 e. The van der Waals surface area contributed by atoms with E-state index in [0.717, 1.165) is 7.11 Å². The molecule has 4 N–H and O–H groups in total. The minimum Gasteiger partial charge on any atom is -0.493 e.